The number of thiazole rings is 1. The first-order valence-corrected chi connectivity index (χ1v) is 10.5. The molecule has 2 heterocycles. The summed E-state index contributed by atoms with van der Waals surface area (Å²) in [6, 6.07) is 12.6. The Hall–Kier alpha value is -2.89. The van der Waals surface area contributed by atoms with E-state index in [1.807, 2.05) is 23.6 Å². The predicted octanol–water partition coefficient (Wildman–Crippen LogP) is 4.66. The molecule has 0 unspecified atom stereocenters. The Morgan fingerprint density at radius 2 is 2.07 bits per heavy atom. The van der Waals surface area contributed by atoms with Crippen LogP contribution < -0.4 is 11.1 Å². The lowest BCUT2D eigenvalue weighted by atomic mass is 10.2. The number of anilines is 2. The van der Waals surface area contributed by atoms with E-state index in [0.717, 1.165) is 10.7 Å². The fourth-order valence-electron chi connectivity index (χ4n) is 2.40. The van der Waals surface area contributed by atoms with Crippen molar-refractivity contribution in [1.29, 1.82) is 5.26 Å². The minimum absolute atomic E-state index is 0.0936. The molecule has 0 radical (unpaired) electrons. The van der Waals surface area contributed by atoms with Gasteiger partial charge in [0, 0.05) is 22.7 Å². The van der Waals surface area contributed by atoms with E-state index in [2.05, 4.69) is 35.2 Å². The van der Waals surface area contributed by atoms with Crippen LogP contribution in [0.4, 0.5) is 11.5 Å². The summed E-state index contributed by atoms with van der Waals surface area (Å²) in [5, 5.41) is 15.8. The van der Waals surface area contributed by atoms with Gasteiger partial charge in [-0.2, -0.15) is 5.26 Å². The van der Waals surface area contributed by atoms with Crippen LogP contribution in [0.3, 0.4) is 0 Å². The zero-order valence-corrected chi connectivity index (χ0v) is 17.1. The number of nitrogens with zero attached hydrogens (tertiary/aromatic N) is 3. The molecule has 0 fully saturated rings. The summed E-state index contributed by atoms with van der Waals surface area (Å²) in [7, 11) is 0. The molecule has 28 heavy (non-hydrogen) atoms. The van der Waals surface area contributed by atoms with Crippen LogP contribution in [0.2, 0.25) is 0 Å². The van der Waals surface area contributed by atoms with Gasteiger partial charge >= 0.3 is 0 Å². The Bertz CT molecular complexity index is 1020. The minimum atomic E-state index is -0.398. The Labute approximate surface area is 171 Å². The van der Waals surface area contributed by atoms with Crippen molar-refractivity contribution in [3.63, 3.8) is 0 Å². The summed E-state index contributed by atoms with van der Waals surface area (Å²) in [5.41, 5.74) is 8.09. The van der Waals surface area contributed by atoms with Gasteiger partial charge in [0.15, 0.2) is 0 Å². The summed E-state index contributed by atoms with van der Waals surface area (Å²) < 4.78 is 0. The largest absolute Gasteiger partial charge is 0.383 e. The smallest absolute Gasteiger partial charge is 0.259 e. The second-order valence-corrected chi connectivity index (χ2v) is 8.18. The van der Waals surface area contributed by atoms with Gasteiger partial charge in [-0.05, 0) is 18.2 Å². The van der Waals surface area contributed by atoms with E-state index < -0.39 is 5.91 Å². The molecule has 0 bridgehead atoms. The molecule has 0 aliphatic carbocycles. The van der Waals surface area contributed by atoms with Gasteiger partial charge in [0.25, 0.3) is 5.91 Å². The van der Waals surface area contributed by atoms with Crippen molar-refractivity contribution in [1.82, 2.24) is 9.97 Å². The molecular weight excluding hydrogens is 390 g/mol. The number of thioether (sulfide) groups is 1. The summed E-state index contributed by atoms with van der Waals surface area (Å²) in [4.78, 5) is 21.4. The fraction of sp³-hybridized carbons (Fsp3) is 0.200. The van der Waals surface area contributed by atoms with E-state index in [-0.39, 0.29) is 11.4 Å². The summed E-state index contributed by atoms with van der Waals surface area (Å²) in [6.07, 6.45) is 0. The Kier molecular flexibility index (Phi) is 6.29. The highest BCUT2D eigenvalue weighted by atomic mass is 32.2. The van der Waals surface area contributed by atoms with Crippen LogP contribution in [0, 0.1) is 11.3 Å². The lowest BCUT2D eigenvalue weighted by molar-refractivity contribution is 0.102. The number of amides is 1. The lowest BCUT2D eigenvalue weighted by Gasteiger charge is -2.10. The highest BCUT2D eigenvalue weighted by Gasteiger charge is 2.17. The standard InChI is InChI=1S/C20H19N5OS2/c1-12(2)19-24-15(10-27-19)11-28-20-13(9-21)8-16(17(22)25-20)18(26)23-14-6-4-3-5-7-14/h3-8,10,12H,11H2,1-2H3,(H2,22,25)(H,23,26). The normalized spacial score (nSPS) is 10.6. The molecule has 2 aromatic heterocycles. The van der Waals surface area contributed by atoms with Gasteiger partial charge in [-0.1, -0.05) is 43.8 Å². The number of carbonyl (C=O) groups excluding carboxylic acids is 1. The highest BCUT2D eigenvalue weighted by Crippen LogP contribution is 2.29. The third-order valence-electron chi connectivity index (χ3n) is 3.83. The van der Waals surface area contributed by atoms with Gasteiger partial charge in [-0.3, -0.25) is 4.79 Å². The number of para-hydroxylation sites is 1. The third kappa shape index (κ3) is 4.68. The molecule has 1 amide bonds. The van der Waals surface area contributed by atoms with Crippen LogP contribution in [0.25, 0.3) is 0 Å². The maximum Gasteiger partial charge on any atom is 0.259 e. The van der Waals surface area contributed by atoms with Crippen molar-refractivity contribution in [3.05, 3.63) is 63.6 Å². The maximum absolute atomic E-state index is 12.5. The van der Waals surface area contributed by atoms with E-state index >= 15 is 0 Å². The molecule has 0 saturated carbocycles. The topological polar surface area (TPSA) is 105 Å². The molecule has 6 nitrogen and oxygen atoms in total. The highest BCUT2D eigenvalue weighted by molar-refractivity contribution is 7.98. The predicted molar refractivity (Wildman–Crippen MR) is 114 cm³/mol. The number of hydrogen-bond acceptors (Lipinski definition) is 7. The Morgan fingerprint density at radius 3 is 2.71 bits per heavy atom. The average molecular weight is 410 g/mol. The van der Waals surface area contributed by atoms with Crippen LogP contribution in [-0.4, -0.2) is 15.9 Å². The van der Waals surface area contributed by atoms with Crippen molar-refractivity contribution >= 4 is 40.5 Å². The molecule has 0 atom stereocenters. The molecule has 0 aliphatic heterocycles. The second-order valence-electron chi connectivity index (χ2n) is 6.33. The van der Waals surface area contributed by atoms with Crippen LogP contribution in [0.15, 0.2) is 46.8 Å². The molecule has 3 aromatic rings. The molecular formula is C20H19N5OS2. The Balaban J connectivity index is 1.77. The van der Waals surface area contributed by atoms with E-state index in [9.17, 15) is 10.1 Å². The first-order chi connectivity index (χ1) is 13.5. The van der Waals surface area contributed by atoms with E-state index in [0.29, 0.717) is 27.9 Å². The quantitative estimate of drug-likeness (QED) is 0.574. The van der Waals surface area contributed by atoms with E-state index in [1.165, 1.54) is 17.8 Å². The summed E-state index contributed by atoms with van der Waals surface area (Å²) in [6.45, 7) is 4.20. The molecule has 1 aromatic carbocycles. The van der Waals surface area contributed by atoms with Crippen molar-refractivity contribution in [2.24, 2.45) is 0 Å². The number of benzene rings is 1. The van der Waals surface area contributed by atoms with Gasteiger partial charge in [-0.25, -0.2) is 9.97 Å². The molecule has 3 N–H and O–H groups in total. The van der Waals surface area contributed by atoms with Crippen molar-refractivity contribution in [3.8, 4) is 6.07 Å². The van der Waals surface area contributed by atoms with Crippen LogP contribution in [0.5, 0.6) is 0 Å². The van der Waals surface area contributed by atoms with Gasteiger partial charge < -0.3 is 11.1 Å². The molecule has 3 rings (SSSR count). The summed E-state index contributed by atoms with van der Waals surface area (Å²) in [5.74, 6) is 0.663. The monoisotopic (exact) mass is 409 g/mol. The first kappa shape index (κ1) is 19.9. The SMILES string of the molecule is CC(C)c1nc(CSc2nc(N)c(C(=O)Nc3ccccc3)cc2C#N)cs1. The number of aromatic nitrogens is 2. The van der Waals surface area contributed by atoms with Gasteiger partial charge in [0.1, 0.15) is 16.9 Å². The van der Waals surface area contributed by atoms with Crippen molar-refractivity contribution < 1.29 is 4.79 Å². The maximum atomic E-state index is 12.5. The molecule has 0 saturated heterocycles. The number of pyridine rings is 1. The zero-order valence-electron chi connectivity index (χ0n) is 15.5. The average Bonchev–Trinajstić information content (AvgIpc) is 3.16. The number of nitrogens with one attached hydrogen (secondary N) is 1. The van der Waals surface area contributed by atoms with Crippen molar-refractivity contribution in [2.75, 3.05) is 11.1 Å². The number of carbonyl (C=O) groups is 1. The number of nitriles is 1. The van der Waals surface area contributed by atoms with Gasteiger partial charge in [0.05, 0.1) is 21.8 Å². The lowest BCUT2D eigenvalue weighted by Crippen LogP contribution is -2.15. The molecule has 142 valence electrons. The van der Waals surface area contributed by atoms with Crippen molar-refractivity contribution in [2.45, 2.75) is 30.5 Å². The first-order valence-electron chi connectivity index (χ1n) is 8.62. The van der Waals surface area contributed by atoms with Crippen LogP contribution in [0.1, 0.15) is 46.4 Å². The van der Waals surface area contributed by atoms with Gasteiger partial charge in [-0.15, -0.1) is 11.3 Å². The molecule has 0 aliphatic rings. The van der Waals surface area contributed by atoms with E-state index in [1.54, 1.807) is 23.5 Å². The minimum Gasteiger partial charge on any atom is -0.383 e. The molecule has 0 spiro atoms. The van der Waals surface area contributed by atoms with Gasteiger partial charge in [0.2, 0.25) is 0 Å². The zero-order chi connectivity index (χ0) is 20.1. The number of nitrogens with two attached hydrogens (primary N) is 1. The summed E-state index contributed by atoms with van der Waals surface area (Å²) >= 11 is 3.01. The van der Waals surface area contributed by atoms with E-state index in [4.69, 9.17) is 5.73 Å². The fourth-order valence-corrected chi connectivity index (χ4v) is 4.19. The second kappa shape index (κ2) is 8.87. The number of hydrogen-bond donors (Lipinski definition) is 2. The van der Waals surface area contributed by atoms with Crippen LogP contribution in [-0.2, 0) is 5.75 Å². The number of rotatable bonds is 6. The third-order valence-corrected chi connectivity index (χ3v) is 6.05. The Morgan fingerprint density at radius 1 is 1.32 bits per heavy atom. The number of nitrogen functional groups attached to an aromatic ring is 1. The van der Waals surface area contributed by atoms with Crippen LogP contribution >= 0.6 is 23.1 Å². The molecule has 8 heteroatoms.